The largest absolute Gasteiger partial charge is 0.490 e. The van der Waals surface area contributed by atoms with E-state index in [1.165, 1.54) is 6.07 Å². The summed E-state index contributed by atoms with van der Waals surface area (Å²) >= 11 is 5.93. The molecule has 1 aromatic rings. The lowest BCUT2D eigenvalue weighted by atomic mass is 10.0. The second kappa shape index (κ2) is 9.37. The number of carboxylic acid groups (broad SMARTS) is 1. The summed E-state index contributed by atoms with van der Waals surface area (Å²) < 4.78 is 10.4. The van der Waals surface area contributed by atoms with Crippen molar-refractivity contribution in [2.45, 2.75) is 26.3 Å². The third-order valence-corrected chi connectivity index (χ3v) is 3.28. The van der Waals surface area contributed by atoms with E-state index in [1.54, 1.807) is 19.2 Å². The van der Waals surface area contributed by atoms with Crippen LogP contribution in [-0.2, 0) is 9.53 Å². The molecule has 7 heteroatoms. The number of hydrogen-bond donors (Lipinski definition) is 2. The van der Waals surface area contributed by atoms with Crippen LogP contribution in [-0.4, -0.2) is 43.3 Å². The minimum absolute atomic E-state index is 0.133. The topological polar surface area (TPSA) is 84.9 Å². The molecule has 6 nitrogen and oxygen atoms in total. The van der Waals surface area contributed by atoms with Gasteiger partial charge >= 0.3 is 5.97 Å². The van der Waals surface area contributed by atoms with E-state index in [1.807, 2.05) is 13.8 Å². The van der Waals surface area contributed by atoms with E-state index in [4.69, 9.17) is 21.1 Å². The Labute approximate surface area is 140 Å². The van der Waals surface area contributed by atoms with Gasteiger partial charge in [-0.05, 0) is 30.5 Å². The molecule has 0 spiro atoms. The Kier molecular flexibility index (Phi) is 7.85. The second-order valence-electron chi connectivity index (χ2n) is 5.48. The maximum Gasteiger partial charge on any atom is 0.326 e. The summed E-state index contributed by atoms with van der Waals surface area (Å²) in [7, 11) is 1.54. The highest BCUT2D eigenvalue weighted by Gasteiger charge is 2.23. The first kappa shape index (κ1) is 19.3. The molecule has 0 fully saturated rings. The van der Waals surface area contributed by atoms with Crippen LogP contribution in [0.4, 0.5) is 0 Å². The first-order chi connectivity index (χ1) is 10.8. The summed E-state index contributed by atoms with van der Waals surface area (Å²) in [4.78, 5) is 23.7. The average Bonchev–Trinajstić information content (AvgIpc) is 2.47. The van der Waals surface area contributed by atoms with Crippen molar-refractivity contribution < 1.29 is 24.2 Å². The summed E-state index contributed by atoms with van der Waals surface area (Å²) in [5, 5.41) is 12.1. The van der Waals surface area contributed by atoms with Crippen LogP contribution in [0.5, 0.6) is 5.75 Å². The Morgan fingerprint density at radius 3 is 2.57 bits per heavy atom. The Balaban J connectivity index is 2.91. The number of benzene rings is 1. The number of amides is 1. The quantitative estimate of drug-likeness (QED) is 0.673. The monoisotopic (exact) mass is 343 g/mol. The van der Waals surface area contributed by atoms with Gasteiger partial charge in [0.1, 0.15) is 18.4 Å². The lowest BCUT2D eigenvalue weighted by molar-refractivity contribution is -0.139. The van der Waals surface area contributed by atoms with Crippen molar-refractivity contribution in [1.29, 1.82) is 0 Å². The van der Waals surface area contributed by atoms with Gasteiger partial charge in [0, 0.05) is 12.1 Å². The first-order valence-corrected chi connectivity index (χ1v) is 7.68. The van der Waals surface area contributed by atoms with Crippen LogP contribution in [0.2, 0.25) is 5.02 Å². The number of hydrogen-bond acceptors (Lipinski definition) is 4. The Hall–Kier alpha value is -1.79. The van der Waals surface area contributed by atoms with Gasteiger partial charge in [0.25, 0.3) is 5.91 Å². The van der Waals surface area contributed by atoms with Crippen molar-refractivity contribution >= 4 is 23.5 Å². The molecule has 0 aliphatic rings. The van der Waals surface area contributed by atoms with Gasteiger partial charge in [0.2, 0.25) is 0 Å². The lowest BCUT2D eigenvalue weighted by Gasteiger charge is -2.18. The Bertz CT molecular complexity index is 547. The van der Waals surface area contributed by atoms with Gasteiger partial charge in [-0.25, -0.2) is 4.79 Å². The smallest absolute Gasteiger partial charge is 0.326 e. The third kappa shape index (κ3) is 6.46. The van der Waals surface area contributed by atoms with E-state index in [0.29, 0.717) is 23.8 Å². The molecule has 1 atom stereocenters. The molecule has 0 aliphatic carbocycles. The van der Waals surface area contributed by atoms with Gasteiger partial charge in [-0.2, -0.15) is 0 Å². The van der Waals surface area contributed by atoms with Crippen LogP contribution in [0.25, 0.3) is 0 Å². The van der Waals surface area contributed by atoms with Crippen molar-refractivity contribution in [3.8, 4) is 5.75 Å². The Morgan fingerprint density at radius 1 is 1.30 bits per heavy atom. The number of methoxy groups -OCH3 is 1. The van der Waals surface area contributed by atoms with Crippen molar-refractivity contribution in [3.05, 3.63) is 28.8 Å². The van der Waals surface area contributed by atoms with Crippen molar-refractivity contribution in [1.82, 2.24) is 5.32 Å². The van der Waals surface area contributed by atoms with Gasteiger partial charge in [-0.3, -0.25) is 4.79 Å². The van der Waals surface area contributed by atoms with Crippen LogP contribution < -0.4 is 10.1 Å². The summed E-state index contributed by atoms with van der Waals surface area (Å²) in [5.74, 6) is -1.14. The fourth-order valence-electron chi connectivity index (χ4n) is 1.97. The Morgan fingerprint density at radius 2 is 2.00 bits per heavy atom. The van der Waals surface area contributed by atoms with E-state index in [9.17, 15) is 14.7 Å². The molecule has 0 radical (unpaired) electrons. The van der Waals surface area contributed by atoms with Gasteiger partial charge < -0.3 is 19.9 Å². The van der Waals surface area contributed by atoms with E-state index in [0.717, 1.165) is 0 Å². The summed E-state index contributed by atoms with van der Waals surface area (Å²) in [5.41, 5.74) is 0.198. The van der Waals surface area contributed by atoms with E-state index < -0.39 is 17.9 Å². The van der Waals surface area contributed by atoms with Gasteiger partial charge in [-0.15, -0.1) is 0 Å². The SMILES string of the molecule is COCCOc1ccc(Cl)cc1C(=O)N[C@H](CC(C)C)C(=O)O. The molecular weight excluding hydrogens is 322 g/mol. The van der Waals surface area contributed by atoms with Gasteiger partial charge in [0.15, 0.2) is 0 Å². The van der Waals surface area contributed by atoms with Crippen molar-refractivity contribution in [2.75, 3.05) is 20.3 Å². The van der Waals surface area contributed by atoms with E-state index in [2.05, 4.69) is 5.32 Å². The number of aliphatic carboxylic acids is 1. The maximum absolute atomic E-state index is 12.4. The number of ether oxygens (including phenoxy) is 2. The zero-order valence-corrected chi connectivity index (χ0v) is 14.2. The molecule has 0 saturated heterocycles. The van der Waals surface area contributed by atoms with E-state index >= 15 is 0 Å². The molecule has 0 heterocycles. The number of carbonyl (C=O) groups excluding carboxylic acids is 1. The fourth-order valence-corrected chi connectivity index (χ4v) is 2.14. The summed E-state index contributed by atoms with van der Waals surface area (Å²) in [6.07, 6.45) is 0.335. The molecule has 128 valence electrons. The normalized spacial score (nSPS) is 12.0. The average molecular weight is 344 g/mol. The van der Waals surface area contributed by atoms with Crippen LogP contribution in [0, 0.1) is 5.92 Å². The highest BCUT2D eigenvalue weighted by atomic mass is 35.5. The first-order valence-electron chi connectivity index (χ1n) is 7.30. The van der Waals surface area contributed by atoms with Crippen LogP contribution in [0.1, 0.15) is 30.6 Å². The molecule has 23 heavy (non-hydrogen) atoms. The van der Waals surface area contributed by atoms with Crippen LogP contribution in [0.3, 0.4) is 0 Å². The molecule has 1 rings (SSSR count). The molecule has 0 aromatic heterocycles. The summed E-state index contributed by atoms with van der Waals surface area (Å²) in [6.45, 7) is 4.42. The zero-order valence-electron chi connectivity index (χ0n) is 13.5. The molecule has 1 aromatic carbocycles. The van der Waals surface area contributed by atoms with Crippen molar-refractivity contribution in [3.63, 3.8) is 0 Å². The second-order valence-corrected chi connectivity index (χ2v) is 5.91. The molecule has 0 unspecified atom stereocenters. The van der Waals surface area contributed by atoms with Crippen LogP contribution >= 0.6 is 11.6 Å². The number of rotatable bonds is 9. The highest BCUT2D eigenvalue weighted by molar-refractivity contribution is 6.31. The van der Waals surface area contributed by atoms with Gasteiger partial charge in [0.05, 0.1) is 12.2 Å². The number of carbonyl (C=O) groups is 2. The zero-order chi connectivity index (χ0) is 17.4. The summed E-state index contributed by atoms with van der Waals surface area (Å²) in [6, 6.07) is 3.66. The number of nitrogens with one attached hydrogen (secondary N) is 1. The third-order valence-electron chi connectivity index (χ3n) is 3.04. The predicted molar refractivity (Wildman–Crippen MR) is 87.2 cm³/mol. The minimum atomic E-state index is -1.07. The minimum Gasteiger partial charge on any atom is -0.490 e. The fraction of sp³-hybridized carbons (Fsp3) is 0.500. The standard InChI is InChI=1S/C16H22ClNO5/c1-10(2)8-13(16(20)21)18-15(19)12-9-11(17)4-5-14(12)23-7-6-22-3/h4-5,9-10,13H,6-8H2,1-3H3,(H,18,19)(H,20,21)/t13-/m1/s1. The maximum atomic E-state index is 12.4. The highest BCUT2D eigenvalue weighted by Crippen LogP contribution is 2.23. The van der Waals surface area contributed by atoms with E-state index in [-0.39, 0.29) is 18.1 Å². The molecule has 0 saturated carbocycles. The van der Waals surface area contributed by atoms with Crippen molar-refractivity contribution in [2.24, 2.45) is 5.92 Å². The van der Waals surface area contributed by atoms with Gasteiger partial charge in [-0.1, -0.05) is 25.4 Å². The van der Waals surface area contributed by atoms with Crippen LogP contribution in [0.15, 0.2) is 18.2 Å². The molecule has 0 bridgehead atoms. The number of carboxylic acids is 1. The molecule has 0 aliphatic heterocycles. The lowest BCUT2D eigenvalue weighted by Crippen LogP contribution is -2.41. The number of halogens is 1. The predicted octanol–water partition coefficient (Wildman–Crippen LogP) is 2.59. The molecule has 2 N–H and O–H groups in total. The molecule has 1 amide bonds. The molecular formula is C16H22ClNO5.